The summed E-state index contributed by atoms with van der Waals surface area (Å²) < 4.78 is 5.46. The summed E-state index contributed by atoms with van der Waals surface area (Å²) in [5.74, 6) is 1.22. The molecule has 0 aromatic heterocycles. The van der Waals surface area contributed by atoms with Gasteiger partial charge in [0, 0.05) is 19.1 Å². The molecule has 1 fully saturated rings. The summed E-state index contributed by atoms with van der Waals surface area (Å²) >= 11 is 0. The zero-order valence-corrected chi connectivity index (χ0v) is 14.0. The molecule has 0 aliphatic carbocycles. The highest BCUT2D eigenvalue weighted by molar-refractivity contribution is 5.68. The van der Waals surface area contributed by atoms with Gasteiger partial charge in [0.25, 0.3) is 0 Å². The van der Waals surface area contributed by atoms with Gasteiger partial charge in [-0.3, -0.25) is 0 Å². The van der Waals surface area contributed by atoms with Gasteiger partial charge in [0.1, 0.15) is 5.60 Å². The molecule has 118 valence electrons. The number of amides is 1. The summed E-state index contributed by atoms with van der Waals surface area (Å²) in [6, 6.07) is 0.507. The van der Waals surface area contributed by atoms with E-state index in [1.165, 1.54) is 6.42 Å². The predicted molar refractivity (Wildman–Crippen MR) is 82.8 cm³/mol. The first-order valence-electron chi connectivity index (χ1n) is 7.94. The highest BCUT2D eigenvalue weighted by Crippen LogP contribution is 2.25. The van der Waals surface area contributed by atoms with Crippen LogP contribution in [0.15, 0.2) is 0 Å². The largest absolute Gasteiger partial charge is 0.444 e. The van der Waals surface area contributed by atoms with Crippen LogP contribution in [0.1, 0.15) is 54.4 Å². The van der Waals surface area contributed by atoms with Gasteiger partial charge in [-0.1, -0.05) is 20.8 Å². The van der Waals surface area contributed by atoms with E-state index in [1.807, 2.05) is 25.7 Å². The molecule has 20 heavy (non-hydrogen) atoms. The maximum absolute atomic E-state index is 12.1. The fraction of sp³-hybridized carbons (Fsp3) is 0.938. The van der Waals surface area contributed by atoms with Crippen molar-refractivity contribution in [3.05, 3.63) is 0 Å². The lowest BCUT2D eigenvalue weighted by Crippen LogP contribution is -2.40. The molecular formula is C16H32N2O2. The van der Waals surface area contributed by atoms with Gasteiger partial charge in [0.15, 0.2) is 0 Å². The molecule has 1 N–H and O–H groups in total. The second kappa shape index (κ2) is 7.30. The molecule has 0 aromatic rings. The van der Waals surface area contributed by atoms with Crippen molar-refractivity contribution in [1.29, 1.82) is 0 Å². The lowest BCUT2D eigenvalue weighted by Gasteiger charge is -2.27. The molecular weight excluding hydrogens is 252 g/mol. The average Bonchev–Trinajstić information content (AvgIpc) is 2.74. The SMILES string of the molecule is CCNC(CC(C)C)C1CCN(C(=O)OC(C)(C)C)C1. The van der Waals surface area contributed by atoms with E-state index < -0.39 is 5.60 Å². The third-order valence-electron chi connectivity index (χ3n) is 3.64. The monoisotopic (exact) mass is 284 g/mol. The number of ether oxygens (including phenoxy) is 1. The van der Waals surface area contributed by atoms with Gasteiger partial charge in [-0.15, -0.1) is 0 Å². The maximum atomic E-state index is 12.1. The molecule has 0 bridgehead atoms. The van der Waals surface area contributed by atoms with Crippen LogP contribution in [0.4, 0.5) is 4.79 Å². The topological polar surface area (TPSA) is 41.6 Å². The Morgan fingerprint density at radius 3 is 2.55 bits per heavy atom. The van der Waals surface area contributed by atoms with Crippen LogP contribution >= 0.6 is 0 Å². The highest BCUT2D eigenvalue weighted by atomic mass is 16.6. The zero-order chi connectivity index (χ0) is 15.3. The third-order valence-corrected chi connectivity index (χ3v) is 3.64. The molecule has 1 aliphatic rings. The molecule has 2 atom stereocenters. The summed E-state index contributed by atoms with van der Waals surface area (Å²) in [5, 5.41) is 3.58. The fourth-order valence-corrected chi connectivity index (χ4v) is 2.82. The molecule has 1 saturated heterocycles. The number of nitrogens with zero attached hydrogens (tertiary/aromatic N) is 1. The average molecular weight is 284 g/mol. The van der Waals surface area contributed by atoms with E-state index >= 15 is 0 Å². The first kappa shape index (κ1) is 17.3. The molecule has 0 aromatic carbocycles. The minimum Gasteiger partial charge on any atom is -0.444 e. The van der Waals surface area contributed by atoms with Crippen molar-refractivity contribution in [2.75, 3.05) is 19.6 Å². The molecule has 4 heteroatoms. The normalized spacial score (nSPS) is 21.4. The molecule has 1 aliphatic heterocycles. The number of likely N-dealkylation sites (tertiary alicyclic amines) is 1. The number of hydrogen-bond donors (Lipinski definition) is 1. The molecule has 0 saturated carbocycles. The summed E-state index contributed by atoms with van der Waals surface area (Å²) in [6.07, 6.45) is 2.07. The molecule has 1 rings (SSSR count). The van der Waals surface area contributed by atoms with E-state index in [2.05, 4.69) is 26.1 Å². The fourth-order valence-electron chi connectivity index (χ4n) is 2.82. The van der Waals surface area contributed by atoms with Crippen LogP contribution in [0.5, 0.6) is 0 Å². The van der Waals surface area contributed by atoms with E-state index in [-0.39, 0.29) is 6.09 Å². The van der Waals surface area contributed by atoms with Crippen molar-refractivity contribution in [2.24, 2.45) is 11.8 Å². The minimum atomic E-state index is -0.409. The Hall–Kier alpha value is -0.770. The summed E-state index contributed by atoms with van der Waals surface area (Å²) in [5.41, 5.74) is -0.409. The van der Waals surface area contributed by atoms with Gasteiger partial charge < -0.3 is 15.0 Å². The van der Waals surface area contributed by atoms with Gasteiger partial charge in [-0.25, -0.2) is 4.79 Å². The van der Waals surface area contributed by atoms with E-state index in [1.54, 1.807) is 0 Å². The minimum absolute atomic E-state index is 0.167. The third kappa shape index (κ3) is 5.70. The van der Waals surface area contributed by atoms with E-state index in [0.29, 0.717) is 17.9 Å². The van der Waals surface area contributed by atoms with Crippen molar-refractivity contribution >= 4 is 6.09 Å². The zero-order valence-electron chi connectivity index (χ0n) is 14.0. The lowest BCUT2D eigenvalue weighted by molar-refractivity contribution is 0.0285. The van der Waals surface area contributed by atoms with Gasteiger partial charge in [-0.05, 0) is 52.0 Å². The van der Waals surface area contributed by atoms with E-state index in [0.717, 1.165) is 26.1 Å². The second-order valence-electron chi connectivity index (χ2n) is 7.27. The Labute approximate surface area is 124 Å². The standard InChI is InChI=1S/C16H32N2O2/c1-7-17-14(10-12(2)3)13-8-9-18(11-13)15(19)20-16(4,5)6/h12-14,17H,7-11H2,1-6H3. The summed E-state index contributed by atoms with van der Waals surface area (Å²) in [4.78, 5) is 14.0. The van der Waals surface area contributed by atoms with E-state index in [4.69, 9.17) is 4.74 Å². The first-order valence-corrected chi connectivity index (χ1v) is 7.94. The second-order valence-corrected chi connectivity index (χ2v) is 7.27. The number of carbonyl (C=O) groups excluding carboxylic acids is 1. The number of nitrogens with one attached hydrogen (secondary N) is 1. The van der Waals surface area contributed by atoms with Crippen LogP contribution in [0.25, 0.3) is 0 Å². The van der Waals surface area contributed by atoms with Crippen molar-refractivity contribution in [3.63, 3.8) is 0 Å². The van der Waals surface area contributed by atoms with Crippen molar-refractivity contribution < 1.29 is 9.53 Å². The Kier molecular flexibility index (Phi) is 6.31. The highest BCUT2D eigenvalue weighted by Gasteiger charge is 2.33. The number of hydrogen-bond acceptors (Lipinski definition) is 3. The van der Waals surface area contributed by atoms with Crippen LogP contribution in [0, 0.1) is 11.8 Å². The van der Waals surface area contributed by atoms with Gasteiger partial charge in [0.05, 0.1) is 0 Å². The Morgan fingerprint density at radius 2 is 2.05 bits per heavy atom. The number of rotatable bonds is 5. The first-order chi connectivity index (χ1) is 9.23. The molecule has 2 unspecified atom stereocenters. The summed E-state index contributed by atoms with van der Waals surface area (Å²) in [6.45, 7) is 15.0. The van der Waals surface area contributed by atoms with Crippen LogP contribution in [0.3, 0.4) is 0 Å². The predicted octanol–water partition coefficient (Wildman–Crippen LogP) is 3.27. The molecule has 0 spiro atoms. The molecule has 4 nitrogen and oxygen atoms in total. The number of carbonyl (C=O) groups is 1. The van der Waals surface area contributed by atoms with Crippen molar-refractivity contribution in [1.82, 2.24) is 10.2 Å². The van der Waals surface area contributed by atoms with Crippen molar-refractivity contribution in [2.45, 2.75) is 66.0 Å². The molecule has 1 amide bonds. The van der Waals surface area contributed by atoms with Gasteiger partial charge in [0.2, 0.25) is 0 Å². The Morgan fingerprint density at radius 1 is 1.40 bits per heavy atom. The summed E-state index contributed by atoms with van der Waals surface area (Å²) in [7, 11) is 0. The molecule has 0 radical (unpaired) electrons. The molecule has 1 heterocycles. The van der Waals surface area contributed by atoms with Crippen LogP contribution < -0.4 is 5.32 Å². The quantitative estimate of drug-likeness (QED) is 0.842. The van der Waals surface area contributed by atoms with Crippen LogP contribution in [-0.4, -0.2) is 42.3 Å². The van der Waals surface area contributed by atoms with E-state index in [9.17, 15) is 4.79 Å². The Balaban J connectivity index is 2.53. The lowest BCUT2D eigenvalue weighted by atomic mass is 9.91. The van der Waals surface area contributed by atoms with Crippen molar-refractivity contribution in [3.8, 4) is 0 Å². The van der Waals surface area contributed by atoms with Gasteiger partial charge >= 0.3 is 6.09 Å². The smallest absolute Gasteiger partial charge is 0.410 e. The Bertz CT molecular complexity index is 310. The maximum Gasteiger partial charge on any atom is 0.410 e. The van der Waals surface area contributed by atoms with Gasteiger partial charge in [-0.2, -0.15) is 0 Å². The van der Waals surface area contributed by atoms with Crippen LogP contribution in [0.2, 0.25) is 0 Å². The van der Waals surface area contributed by atoms with Crippen LogP contribution in [-0.2, 0) is 4.74 Å².